The lowest BCUT2D eigenvalue weighted by molar-refractivity contribution is -0.135. The highest BCUT2D eigenvalue weighted by Crippen LogP contribution is 2.24. The van der Waals surface area contributed by atoms with Gasteiger partial charge in [0.05, 0.1) is 11.4 Å². The van der Waals surface area contributed by atoms with Crippen molar-refractivity contribution in [2.24, 2.45) is 10.9 Å². The van der Waals surface area contributed by atoms with Crippen LogP contribution in [0.2, 0.25) is 0 Å². The summed E-state index contributed by atoms with van der Waals surface area (Å²) >= 11 is 0. The molecular weight excluding hydrogens is 440 g/mol. The van der Waals surface area contributed by atoms with Crippen LogP contribution in [-0.2, 0) is 19.6 Å². The minimum atomic E-state index is -3.71. The summed E-state index contributed by atoms with van der Waals surface area (Å²) in [5.41, 5.74) is 3.05. The van der Waals surface area contributed by atoms with Crippen LogP contribution in [0.1, 0.15) is 37.0 Å². The van der Waals surface area contributed by atoms with Gasteiger partial charge in [-0.05, 0) is 43.0 Å². The second-order valence-electron chi connectivity index (χ2n) is 8.42. The number of aryl methyl sites for hydroxylation is 2. The Labute approximate surface area is 195 Å². The highest BCUT2D eigenvalue weighted by atomic mass is 32.2. The third kappa shape index (κ3) is 5.24. The Morgan fingerprint density at radius 1 is 1.09 bits per heavy atom. The number of benzene rings is 2. The normalized spacial score (nSPS) is 17.1. The molecule has 1 aliphatic rings. The largest absolute Gasteiger partial charge is 0.335 e. The van der Waals surface area contributed by atoms with E-state index < -0.39 is 16.1 Å². The molecule has 8 nitrogen and oxygen atoms in total. The number of likely N-dealkylation sites (N-methyl/N-ethyl adjacent to an activating group) is 1. The quantitative estimate of drug-likeness (QED) is 0.649. The van der Waals surface area contributed by atoms with Crippen LogP contribution >= 0.6 is 0 Å². The van der Waals surface area contributed by atoms with Crippen molar-refractivity contribution in [2.75, 3.05) is 18.9 Å². The van der Waals surface area contributed by atoms with Crippen LogP contribution < -0.4 is 10.0 Å². The number of nitrogens with zero attached hydrogens (tertiary/aromatic N) is 2. The van der Waals surface area contributed by atoms with Gasteiger partial charge in [-0.3, -0.25) is 19.3 Å². The molecule has 33 heavy (non-hydrogen) atoms. The third-order valence-corrected chi connectivity index (χ3v) is 7.27. The number of anilines is 1. The van der Waals surface area contributed by atoms with E-state index in [0.29, 0.717) is 12.0 Å². The predicted molar refractivity (Wildman–Crippen MR) is 129 cm³/mol. The molecule has 2 N–H and O–H groups in total. The lowest BCUT2D eigenvalue weighted by atomic mass is 9.98. The van der Waals surface area contributed by atoms with Crippen LogP contribution in [0.5, 0.6) is 0 Å². The van der Waals surface area contributed by atoms with E-state index in [4.69, 9.17) is 0 Å². The molecule has 3 rings (SSSR count). The second kappa shape index (κ2) is 9.74. The number of hydrogen-bond donors (Lipinski definition) is 2. The molecule has 0 aliphatic carbocycles. The standard InChI is InChI=1S/C24H30N4O4S/c1-6-15(2)22(26-23-18-12-7-8-13-19(18)33(31,32)27-23)24(30)28(5)14-20(29)25-21-16(3)10-9-11-17(21)4/h7-13,15,22H,6,14H2,1-5H3,(H,25,29)(H,26,27)/t15-,22-/m0/s1. The van der Waals surface area contributed by atoms with E-state index in [0.717, 1.165) is 16.8 Å². The molecule has 1 aliphatic heterocycles. The molecule has 0 saturated carbocycles. The number of carbonyl (C=O) groups excluding carboxylic acids is 2. The monoisotopic (exact) mass is 470 g/mol. The first-order valence-corrected chi connectivity index (χ1v) is 12.3. The Morgan fingerprint density at radius 2 is 1.73 bits per heavy atom. The number of rotatable bonds is 7. The first kappa shape index (κ1) is 24.4. The number of para-hydroxylation sites is 1. The number of nitrogens with one attached hydrogen (secondary N) is 2. The zero-order chi connectivity index (χ0) is 24.3. The molecule has 0 unspecified atom stereocenters. The lowest BCUT2D eigenvalue weighted by Gasteiger charge is -2.25. The van der Waals surface area contributed by atoms with Crippen LogP contribution in [0.3, 0.4) is 0 Å². The van der Waals surface area contributed by atoms with E-state index in [1.165, 1.54) is 11.0 Å². The number of hydrogen-bond acceptors (Lipinski definition) is 5. The summed E-state index contributed by atoms with van der Waals surface area (Å²) in [7, 11) is -2.16. The predicted octanol–water partition coefficient (Wildman–Crippen LogP) is 2.85. The summed E-state index contributed by atoms with van der Waals surface area (Å²) in [6.45, 7) is 7.49. The fourth-order valence-electron chi connectivity index (χ4n) is 3.73. The van der Waals surface area contributed by atoms with Crippen molar-refractivity contribution in [1.82, 2.24) is 9.62 Å². The van der Waals surface area contributed by atoms with E-state index in [1.807, 2.05) is 45.9 Å². The number of fused-ring (bicyclic) bond motifs is 1. The van der Waals surface area contributed by atoms with Crippen LogP contribution in [0.25, 0.3) is 0 Å². The van der Waals surface area contributed by atoms with Gasteiger partial charge in [0.2, 0.25) is 11.8 Å². The highest BCUT2D eigenvalue weighted by molar-refractivity contribution is 7.90. The van der Waals surface area contributed by atoms with E-state index in [9.17, 15) is 18.0 Å². The minimum absolute atomic E-state index is 0.139. The van der Waals surface area contributed by atoms with E-state index in [2.05, 4.69) is 15.0 Å². The first-order valence-electron chi connectivity index (χ1n) is 10.9. The van der Waals surface area contributed by atoms with Gasteiger partial charge in [0.1, 0.15) is 11.9 Å². The zero-order valence-electron chi connectivity index (χ0n) is 19.5. The summed E-state index contributed by atoms with van der Waals surface area (Å²) in [6.07, 6.45) is 0.657. The molecule has 0 bridgehead atoms. The van der Waals surface area contributed by atoms with E-state index in [-0.39, 0.29) is 35.0 Å². The Morgan fingerprint density at radius 3 is 2.36 bits per heavy atom. The maximum Gasteiger partial charge on any atom is 0.263 e. The van der Waals surface area contributed by atoms with Crippen LogP contribution in [0, 0.1) is 19.8 Å². The lowest BCUT2D eigenvalue weighted by Crippen LogP contribution is -2.43. The molecule has 0 spiro atoms. The summed E-state index contributed by atoms with van der Waals surface area (Å²) in [5, 5.41) is 2.88. The Hall–Kier alpha value is -3.20. The van der Waals surface area contributed by atoms with E-state index >= 15 is 0 Å². The van der Waals surface area contributed by atoms with Gasteiger partial charge in [0, 0.05) is 18.3 Å². The molecule has 2 aromatic carbocycles. The third-order valence-electron chi connectivity index (χ3n) is 5.87. The van der Waals surface area contributed by atoms with Gasteiger partial charge in [-0.1, -0.05) is 50.6 Å². The van der Waals surface area contributed by atoms with Crippen molar-refractivity contribution < 1.29 is 18.0 Å². The topological polar surface area (TPSA) is 108 Å². The number of amides is 2. The molecule has 176 valence electrons. The Kier molecular flexibility index (Phi) is 7.22. The van der Waals surface area contributed by atoms with Crippen molar-refractivity contribution in [3.8, 4) is 0 Å². The SMILES string of the molecule is CC[C@H](C)[C@H](N=C1NS(=O)(=O)c2ccccc21)C(=O)N(C)CC(=O)Nc1c(C)cccc1C. The fourth-order valence-corrected chi connectivity index (χ4v) is 4.97. The van der Waals surface area contributed by atoms with Gasteiger partial charge in [-0.15, -0.1) is 0 Å². The molecule has 2 amide bonds. The first-order chi connectivity index (χ1) is 15.5. The summed E-state index contributed by atoms with van der Waals surface area (Å²) in [5.74, 6) is -0.674. The van der Waals surface area contributed by atoms with Crippen LogP contribution in [0.4, 0.5) is 5.69 Å². The molecule has 2 aromatic rings. The van der Waals surface area contributed by atoms with Gasteiger partial charge in [0.15, 0.2) is 0 Å². The van der Waals surface area contributed by atoms with Gasteiger partial charge in [0.25, 0.3) is 10.0 Å². The Bertz CT molecular complexity index is 1190. The number of carbonyl (C=O) groups is 2. The van der Waals surface area contributed by atoms with Gasteiger partial charge < -0.3 is 10.2 Å². The molecule has 0 aromatic heterocycles. The minimum Gasteiger partial charge on any atom is -0.335 e. The second-order valence-corrected chi connectivity index (χ2v) is 10.1. The molecule has 0 saturated heterocycles. The molecule has 2 atom stereocenters. The smallest absolute Gasteiger partial charge is 0.263 e. The fraction of sp³-hybridized carbons (Fsp3) is 0.375. The number of amidine groups is 1. The van der Waals surface area contributed by atoms with Gasteiger partial charge in [-0.25, -0.2) is 8.42 Å². The van der Waals surface area contributed by atoms with Crippen molar-refractivity contribution in [2.45, 2.75) is 45.1 Å². The maximum atomic E-state index is 13.3. The highest BCUT2D eigenvalue weighted by Gasteiger charge is 2.34. The number of aliphatic imine (C=N–C) groups is 1. The summed E-state index contributed by atoms with van der Waals surface area (Å²) in [6, 6.07) is 11.4. The van der Waals surface area contributed by atoms with Crippen molar-refractivity contribution in [1.29, 1.82) is 0 Å². The summed E-state index contributed by atoms with van der Waals surface area (Å²) < 4.78 is 27.3. The van der Waals surface area contributed by atoms with Crippen molar-refractivity contribution >= 4 is 33.4 Å². The van der Waals surface area contributed by atoms with Crippen LogP contribution in [0.15, 0.2) is 52.4 Å². The van der Waals surface area contributed by atoms with Gasteiger partial charge >= 0.3 is 0 Å². The number of sulfonamides is 1. The molecule has 0 fully saturated rings. The molecule has 0 radical (unpaired) electrons. The van der Waals surface area contributed by atoms with E-state index in [1.54, 1.807) is 25.2 Å². The Balaban J connectivity index is 1.81. The average Bonchev–Trinajstić information content (AvgIpc) is 3.03. The molecule has 9 heteroatoms. The van der Waals surface area contributed by atoms with Crippen molar-refractivity contribution in [3.63, 3.8) is 0 Å². The molecule has 1 heterocycles. The zero-order valence-corrected chi connectivity index (χ0v) is 20.4. The van der Waals surface area contributed by atoms with Crippen LogP contribution in [-0.4, -0.2) is 50.6 Å². The van der Waals surface area contributed by atoms with Gasteiger partial charge in [-0.2, -0.15) is 0 Å². The molecular formula is C24H30N4O4S. The summed E-state index contributed by atoms with van der Waals surface area (Å²) in [4.78, 5) is 31.9. The average molecular weight is 471 g/mol. The maximum absolute atomic E-state index is 13.3. The van der Waals surface area contributed by atoms with Crippen molar-refractivity contribution in [3.05, 3.63) is 59.2 Å².